The lowest BCUT2D eigenvalue weighted by Gasteiger charge is -2.43. The molecule has 5 atom stereocenters. The number of nitrogens with one attached hydrogen (secondary N) is 1. The molecule has 0 saturated carbocycles. The summed E-state index contributed by atoms with van der Waals surface area (Å²) in [4.78, 5) is 68.7. The summed E-state index contributed by atoms with van der Waals surface area (Å²) in [5, 5.41) is 6.73. The number of amides is 2. The maximum absolute atomic E-state index is 13.6. The van der Waals surface area contributed by atoms with Gasteiger partial charge in [0.1, 0.15) is 31.1 Å². The molecule has 5 unspecified atom stereocenters. The molecule has 0 aliphatic carbocycles. The number of esters is 3. The minimum atomic E-state index is -1.48. The van der Waals surface area contributed by atoms with Gasteiger partial charge in [-0.15, -0.1) is 0 Å². The maximum Gasteiger partial charge on any atom is 0.303 e. The molecule has 1 N–H and O–H groups in total. The Hall–Kier alpha value is -4.98. The van der Waals surface area contributed by atoms with Crippen LogP contribution in [-0.2, 0) is 47.8 Å². The Balaban J connectivity index is 1.61. The van der Waals surface area contributed by atoms with Crippen LogP contribution in [0.15, 0.2) is 53.7 Å². The molecular weight excluding hydrogens is 590 g/mol. The van der Waals surface area contributed by atoms with Gasteiger partial charge in [-0.2, -0.15) is 0 Å². The van der Waals surface area contributed by atoms with Crippen molar-refractivity contribution >= 4 is 41.1 Å². The van der Waals surface area contributed by atoms with Crippen molar-refractivity contribution in [3.05, 3.63) is 59.7 Å². The molecule has 4 rings (SSSR count). The Kier molecular flexibility index (Phi) is 10.7. The molecule has 1 fully saturated rings. The molecule has 2 aliphatic rings. The van der Waals surface area contributed by atoms with Crippen LogP contribution in [0.2, 0.25) is 0 Å². The topological polar surface area (TPSA) is 168 Å². The molecule has 1 saturated heterocycles. The van der Waals surface area contributed by atoms with E-state index >= 15 is 0 Å². The number of carbonyl (C=O) groups excluding carboxylic acids is 5. The van der Waals surface area contributed by atoms with E-state index in [4.69, 9.17) is 28.5 Å². The fourth-order valence-corrected chi connectivity index (χ4v) is 4.95. The van der Waals surface area contributed by atoms with Crippen molar-refractivity contribution in [1.82, 2.24) is 5.32 Å². The Morgan fingerprint density at radius 2 is 1.58 bits per heavy atom. The third-order valence-electron chi connectivity index (χ3n) is 6.82. The number of oxime groups is 1. The minimum Gasteiger partial charge on any atom is -0.492 e. The predicted octanol–water partition coefficient (Wildman–Crippen LogP) is 1.80. The summed E-state index contributed by atoms with van der Waals surface area (Å²) in [5.74, 6) is -2.51. The van der Waals surface area contributed by atoms with Crippen molar-refractivity contribution in [2.24, 2.45) is 5.16 Å². The molecule has 2 aliphatic heterocycles. The van der Waals surface area contributed by atoms with E-state index < -0.39 is 67.0 Å². The van der Waals surface area contributed by atoms with Crippen LogP contribution < -0.4 is 15.0 Å². The van der Waals surface area contributed by atoms with Crippen LogP contribution >= 0.6 is 0 Å². The lowest BCUT2D eigenvalue weighted by atomic mass is 9.96. The average molecular weight is 626 g/mol. The number of fused-ring (bicyclic) bond motifs is 1. The van der Waals surface area contributed by atoms with E-state index in [2.05, 4.69) is 10.5 Å². The first-order valence-corrected chi connectivity index (χ1v) is 14.2. The lowest BCUT2D eigenvalue weighted by molar-refractivity contribution is -0.278. The SMILES string of the molecule is CC(=O)NC1C(ON=C2C(=O)N(CCOc3ccc(C)cc3)c3ccccc32)OC(COC(C)=O)C(OC(C)=O)C1OC(C)=O. The zero-order valence-electron chi connectivity index (χ0n) is 25.5. The molecule has 2 aromatic carbocycles. The van der Waals surface area contributed by atoms with E-state index in [0.29, 0.717) is 17.0 Å². The quantitative estimate of drug-likeness (QED) is 0.220. The van der Waals surface area contributed by atoms with Crippen molar-refractivity contribution in [2.75, 3.05) is 24.7 Å². The van der Waals surface area contributed by atoms with Gasteiger partial charge < -0.3 is 38.7 Å². The van der Waals surface area contributed by atoms with Gasteiger partial charge in [-0.1, -0.05) is 41.1 Å². The van der Waals surface area contributed by atoms with Crippen molar-refractivity contribution in [1.29, 1.82) is 0 Å². The van der Waals surface area contributed by atoms with Crippen LogP contribution in [0, 0.1) is 6.92 Å². The normalized spacial score (nSPS) is 23.1. The van der Waals surface area contributed by atoms with Gasteiger partial charge in [0.05, 0.1) is 12.2 Å². The first-order valence-electron chi connectivity index (χ1n) is 14.2. The van der Waals surface area contributed by atoms with Crippen molar-refractivity contribution in [3.8, 4) is 5.75 Å². The van der Waals surface area contributed by atoms with Gasteiger partial charge in [-0.3, -0.25) is 24.0 Å². The third kappa shape index (κ3) is 8.35. The first kappa shape index (κ1) is 32.9. The van der Waals surface area contributed by atoms with Gasteiger partial charge in [-0.25, -0.2) is 0 Å². The van der Waals surface area contributed by atoms with Gasteiger partial charge in [-0.05, 0) is 25.1 Å². The first-order chi connectivity index (χ1) is 21.4. The van der Waals surface area contributed by atoms with E-state index in [-0.39, 0.29) is 18.9 Å². The van der Waals surface area contributed by atoms with Gasteiger partial charge in [0, 0.05) is 33.3 Å². The van der Waals surface area contributed by atoms with E-state index in [1.165, 1.54) is 18.7 Å². The van der Waals surface area contributed by atoms with Gasteiger partial charge in [0.15, 0.2) is 17.9 Å². The second-order valence-electron chi connectivity index (χ2n) is 10.4. The molecule has 0 spiro atoms. The largest absolute Gasteiger partial charge is 0.492 e. The molecule has 0 aromatic heterocycles. The zero-order valence-corrected chi connectivity index (χ0v) is 25.5. The molecule has 2 amide bonds. The summed E-state index contributed by atoms with van der Waals surface area (Å²) in [5.41, 5.74) is 2.11. The number of hydrogen-bond acceptors (Lipinski definition) is 12. The maximum atomic E-state index is 13.6. The van der Waals surface area contributed by atoms with E-state index in [0.717, 1.165) is 19.4 Å². The molecule has 240 valence electrons. The Morgan fingerprint density at radius 1 is 0.911 bits per heavy atom. The van der Waals surface area contributed by atoms with Gasteiger partial charge in [0.25, 0.3) is 12.2 Å². The number of para-hydroxylation sites is 1. The summed E-state index contributed by atoms with van der Waals surface area (Å²) < 4.78 is 27.8. The highest BCUT2D eigenvalue weighted by Crippen LogP contribution is 2.31. The second kappa shape index (κ2) is 14.7. The molecule has 14 nitrogen and oxygen atoms in total. The van der Waals surface area contributed by atoms with Crippen LogP contribution in [0.25, 0.3) is 0 Å². The van der Waals surface area contributed by atoms with Crippen molar-refractivity contribution < 1.29 is 52.5 Å². The zero-order chi connectivity index (χ0) is 32.7. The third-order valence-corrected chi connectivity index (χ3v) is 6.82. The van der Waals surface area contributed by atoms with E-state index in [9.17, 15) is 24.0 Å². The Labute approximate surface area is 259 Å². The van der Waals surface area contributed by atoms with Gasteiger partial charge in [0.2, 0.25) is 5.91 Å². The lowest BCUT2D eigenvalue weighted by Crippen LogP contribution is -2.66. The summed E-state index contributed by atoms with van der Waals surface area (Å²) in [7, 11) is 0. The number of ether oxygens (including phenoxy) is 5. The van der Waals surface area contributed by atoms with Crippen molar-refractivity contribution in [3.63, 3.8) is 0 Å². The number of aryl methyl sites for hydroxylation is 1. The molecule has 2 heterocycles. The number of rotatable bonds is 11. The summed E-state index contributed by atoms with van der Waals surface area (Å²) in [6.07, 6.45) is -5.30. The standard InChI is InChI=1S/C31H35N3O11/c1-17-10-12-22(13-11-17)40-15-14-34-24-9-7-6-8-23(24)26(30(34)39)33-45-31-27(32-18(2)35)29(43-21(5)38)28(42-20(4)37)25(44-31)16-41-19(3)36/h6-13,25,27-29,31H,14-16H2,1-5H3,(H,32,35). The number of nitrogens with zero attached hydrogens (tertiary/aromatic N) is 2. The molecular formula is C31H35N3O11. The smallest absolute Gasteiger partial charge is 0.303 e. The summed E-state index contributed by atoms with van der Waals surface area (Å²) in [6, 6.07) is 13.3. The number of benzene rings is 2. The van der Waals surface area contributed by atoms with Crippen LogP contribution in [-0.4, -0.2) is 85.8 Å². The van der Waals surface area contributed by atoms with Crippen LogP contribution in [0.3, 0.4) is 0 Å². The summed E-state index contributed by atoms with van der Waals surface area (Å²) in [6.45, 7) is 6.63. The Bertz CT molecular complexity index is 1460. The fourth-order valence-electron chi connectivity index (χ4n) is 4.95. The number of hydrogen-bond donors (Lipinski definition) is 1. The average Bonchev–Trinajstić information content (AvgIpc) is 3.24. The van der Waals surface area contributed by atoms with Gasteiger partial charge >= 0.3 is 17.9 Å². The monoisotopic (exact) mass is 625 g/mol. The van der Waals surface area contributed by atoms with Crippen LogP contribution in [0.5, 0.6) is 5.75 Å². The molecule has 14 heteroatoms. The highest BCUT2D eigenvalue weighted by atomic mass is 16.8. The highest BCUT2D eigenvalue weighted by Gasteiger charge is 2.52. The van der Waals surface area contributed by atoms with Crippen LogP contribution in [0.4, 0.5) is 5.69 Å². The number of carbonyl (C=O) groups is 5. The Morgan fingerprint density at radius 3 is 2.22 bits per heavy atom. The van der Waals surface area contributed by atoms with E-state index in [1.807, 2.05) is 31.2 Å². The molecule has 45 heavy (non-hydrogen) atoms. The van der Waals surface area contributed by atoms with Crippen LogP contribution in [0.1, 0.15) is 38.8 Å². The summed E-state index contributed by atoms with van der Waals surface area (Å²) >= 11 is 0. The fraction of sp³-hybridized carbons (Fsp3) is 0.419. The molecule has 0 radical (unpaired) electrons. The predicted molar refractivity (Wildman–Crippen MR) is 157 cm³/mol. The van der Waals surface area contributed by atoms with Crippen molar-refractivity contribution in [2.45, 2.75) is 65.3 Å². The minimum absolute atomic E-state index is 0.0474. The van der Waals surface area contributed by atoms with E-state index in [1.54, 1.807) is 24.3 Å². The molecule has 2 aromatic rings. The highest BCUT2D eigenvalue weighted by molar-refractivity contribution is 6.54. The molecule has 0 bridgehead atoms. The number of anilines is 1. The second-order valence-corrected chi connectivity index (χ2v) is 10.4.